The smallest absolute Gasteiger partial charge is 0.278 e. The number of aliphatic imine (C=N–C) groups is 1. The Balaban J connectivity index is 1.34. The molecule has 1 saturated heterocycles. The van der Waals surface area contributed by atoms with Crippen LogP contribution in [0.2, 0.25) is 0 Å². The third kappa shape index (κ3) is 7.45. The second-order valence-electron chi connectivity index (χ2n) is 12.5. The fourth-order valence-electron chi connectivity index (χ4n) is 6.71. The first-order valence-corrected chi connectivity index (χ1v) is 15.8. The Morgan fingerprint density at radius 2 is 1.71 bits per heavy atom. The molecule has 42 heavy (non-hydrogen) atoms. The average molecular weight is 576 g/mol. The number of hydrogen-bond donors (Lipinski definition) is 2. The summed E-state index contributed by atoms with van der Waals surface area (Å²) in [5.41, 5.74) is 3.97. The van der Waals surface area contributed by atoms with Gasteiger partial charge in [-0.05, 0) is 126 Å². The number of amides is 2. The summed E-state index contributed by atoms with van der Waals surface area (Å²) in [4.78, 5) is 35.3. The minimum Gasteiger partial charge on any atom is -0.354 e. The number of carbonyl (C=O) groups excluding carboxylic acids is 2. The Kier molecular flexibility index (Phi) is 10.1. The SMILES string of the molecule is CCNCC1CCN(Cc2ccc3c(c2)N(C2CCC(C(=O)NC(C)C)CC2)C(=NC(=O)c2ccc(F)cc2)C3)CC1. The van der Waals surface area contributed by atoms with Gasteiger partial charge in [0.25, 0.3) is 5.91 Å². The molecule has 0 radical (unpaired) electrons. The minimum absolute atomic E-state index is 0.0220. The molecule has 1 saturated carbocycles. The van der Waals surface area contributed by atoms with Crippen LogP contribution in [0.1, 0.15) is 80.8 Å². The van der Waals surface area contributed by atoms with Crippen LogP contribution in [0.4, 0.5) is 10.1 Å². The van der Waals surface area contributed by atoms with Crippen LogP contribution in [0.5, 0.6) is 0 Å². The van der Waals surface area contributed by atoms with Gasteiger partial charge in [-0.1, -0.05) is 19.1 Å². The molecule has 3 aliphatic rings. The van der Waals surface area contributed by atoms with Crippen LogP contribution in [0.3, 0.4) is 0 Å². The standard InChI is InChI=1S/C34H46FN5O2/c1-4-36-21-24-15-17-39(18-16-24)22-25-5-6-28-20-32(38-34(42)26-7-11-29(35)12-8-26)40(31(28)19-25)30-13-9-27(10-14-30)33(41)37-23(2)3/h5-8,11-12,19,23-24,27,30,36H,4,9-10,13-18,20-22H2,1-3H3,(H,37,41). The number of rotatable bonds is 9. The van der Waals surface area contributed by atoms with Crippen LogP contribution in [0.15, 0.2) is 47.5 Å². The molecule has 5 rings (SSSR count). The topological polar surface area (TPSA) is 77.0 Å². The van der Waals surface area contributed by atoms with Gasteiger partial charge in [-0.3, -0.25) is 14.5 Å². The molecule has 0 atom stereocenters. The van der Waals surface area contributed by atoms with Crippen LogP contribution >= 0.6 is 0 Å². The van der Waals surface area contributed by atoms with Gasteiger partial charge in [0, 0.05) is 42.2 Å². The Labute approximate surface area is 250 Å². The highest BCUT2D eigenvalue weighted by molar-refractivity contribution is 6.12. The van der Waals surface area contributed by atoms with E-state index >= 15 is 0 Å². The Bertz CT molecular complexity index is 1260. The molecule has 2 heterocycles. The molecule has 2 N–H and O–H groups in total. The molecule has 2 aromatic rings. The molecule has 8 heteroatoms. The molecular weight excluding hydrogens is 529 g/mol. The van der Waals surface area contributed by atoms with Crippen LogP contribution in [0.25, 0.3) is 0 Å². The Morgan fingerprint density at radius 1 is 1.00 bits per heavy atom. The fraction of sp³-hybridized carbons (Fsp3) is 0.559. The van der Waals surface area contributed by atoms with Gasteiger partial charge in [-0.2, -0.15) is 4.99 Å². The van der Waals surface area contributed by atoms with Crippen molar-refractivity contribution in [3.05, 3.63) is 65.0 Å². The highest BCUT2D eigenvalue weighted by Crippen LogP contribution is 2.38. The highest BCUT2D eigenvalue weighted by Gasteiger charge is 2.36. The number of hydrogen-bond acceptors (Lipinski definition) is 4. The van der Waals surface area contributed by atoms with Gasteiger partial charge >= 0.3 is 0 Å². The summed E-state index contributed by atoms with van der Waals surface area (Å²) in [5, 5.41) is 6.57. The number of benzene rings is 2. The number of piperidine rings is 1. The van der Waals surface area contributed by atoms with Gasteiger partial charge in [0.15, 0.2) is 0 Å². The van der Waals surface area contributed by atoms with Gasteiger partial charge in [-0.15, -0.1) is 0 Å². The van der Waals surface area contributed by atoms with E-state index in [1.54, 1.807) is 0 Å². The molecule has 0 unspecified atom stereocenters. The summed E-state index contributed by atoms with van der Waals surface area (Å²) >= 11 is 0. The maximum atomic E-state index is 13.5. The quantitative estimate of drug-likeness (QED) is 0.423. The summed E-state index contributed by atoms with van der Waals surface area (Å²) in [6.45, 7) is 11.4. The highest BCUT2D eigenvalue weighted by atomic mass is 19.1. The molecular formula is C34H46FN5O2. The number of fused-ring (bicyclic) bond motifs is 1. The third-order valence-corrected chi connectivity index (χ3v) is 9.02. The van der Waals surface area contributed by atoms with E-state index in [9.17, 15) is 14.0 Å². The number of nitrogens with zero attached hydrogens (tertiary/aromatic N) is 3. The molecule has 1 aliphatic carbocycles. The van der Waals surface area contributed by atoms with E-state index in [4.69, 9.17) is 0 Å². The largest absolute Gasteiger partial charge is 0.354 e. The molecule has 0 bridgehead atoms. The number of halogens is 1. The van der Waals surface area contributed by atoms with Crippen LogP contribution in [0, 0.1) is 17.7 Å². The number of carbonyl (C=O) groups is 2. The monoisotopic (exact) mass is 575 g/mol. The van der Waals surface area contributed by atoms with E-state index in [1.165, 1.54) is 48.2 Å². The fourth-order valence-corrected chi connectivity index (χ4v) is 6.71. The Morgan fingerprint density at radius 3 is 2.38 bits per heavy atom. The number of nitrogens with one attached hydrogen (secondary N) is 2. The summed E-state index contributed by atoms with van der Waals surface area (Å²) in [7, 11) is 0. The normalized spacial score (nSPS) is 22.5. The van der Waals surface area contributed by atoms with Crippen molar-refractivity contribution in [3.63, 3.8) is 0 Å². The lowest BCUT2D eigenvalue weighted by Gasteiger charge is -2.36. The molecule has 2 aliphatic heterocycles. The first-order chi connectivity index (χ1) is 20.3. The minimum atomic E-state index is -0.373. The zero-order chi connectivity index (χ0) is 29.6. The van der Waals surface area contributed by atoms with Crippen LogP contribution in [-0.4, -0.2) is 60.8 Å². The number of amidine groups is 1. The van der Waals surface area contributed by atoms with Crippen molar-refractivity contribution in [2.75, 3.05) is 31.1 Å². The van der Waals surface area contributed by atoms with E-state index in [2.05, 4.69) is 50.5 Å². The van der Waals surface area contributed by atoms with Crippen molar-refractivity contribution in [1.29, 1.82) is 0 Å². The lowest BCUT2D eigenvalue weighted by Crippen LogP contribution is -2.44. The molecule has 0 spiro atoms. The first kappa shape index (κ1) is 30.4. The second-order valence-corrected chi connectivity index (χ2v) is 12.5. The van der Waals surface area contributed by atoms with Crippen LogP contribution in [-0.2, 0) is 17.8 Å². The van der Waals surface area contributed by atoms with Crippen molar-refractivity contribution in [1.82, 2.24) is 15.5 Å². The molecule has 2 amide bonds. The van der Waals surface area contributed by atoms with Gasteiger partial charge in [-0.25, -0.2) is 4.39 Å². The lowest BCUT2D eigenvalue weighted by atomic mass is 9.84. The molecule has 7 nitrogen and oxygen atoms in total. The van der Waals surface area contributed by atoms with Gasteiger partial charge < -0.3 is 15.5 Å². The summed E-state index contributed by atoms with van der Waals surface area (Å²) in [6.07, 6.45) is 6.39. The van der Waals surface area contributed by atoms with E-state index in [-0.39, 0.29) is 35.6 Å². The van der Waals surface area contributed by atoms with Crippen molar-refractivity contribution in [3.8, 4) is 0 Å². The molecule has 2 aromatic carbocycles. The lowest BCUT2D eigenvalue weighted by molar-refractivity contribution is -0.126. The predicted octanol–water partition coefficient (Wildman–Crippen LogP) is 5.33. The zero-order valence-electron chi connectivity index (χ0n) is 25.4. The van der Waals surface area contributed by atoms with Crippen molar-refractivity contribution in [2.24, 2.45) is 16.8 Å². The zero-order valence-corrected chi connectivity index (χ0v) is 25.4. The average Bonchev–Trinajstić information content (AvgIpc) is 3.33. The number of likely N-dealkylation sites (tertiary alicyclic amines) is 1. The third-order valence-electron chi connectivity index (χ3n) is 9.02. The summed E-state index contributed by atoms with van der Waals surface area (Å²) < 4.78 is 13.5. The Hall–Kier alpha value is -3.10. The van der Waals surface area contributed by atoms with Crippen molar-refractivity contribution >= 4 is 23.3 Å². The van der Waals surface area contributed by atoms with Crippen molar-refractivity contribution < 1.29 is 14.0 Å². The molecule has 226 valence electrons. The molecule has 0 aromatic heterocycles. The van der Waals surface area contributed by atoms with Gasteiger partial charge in [0.2, 0.25) is 5.91 Å². The van der Waals surface area contributed by atoms with Crippen LogP contribution < -0.4 is 15.5 Å². The van der Waals surface area contributed by atoms with E-state index in [0.29, 0.717) is 12.0 Å². The predicted molar refractivity (Wildman–Crippen MR) is 166 cm³/mol. The van der Waals surface area contributed by atoms with Crippen molar-refractivity contribution in [2.45, 2.75) is 84.3 Å². The maximum Gasteiger partial charge on any atom is 0.278 e. The van der Waals surface area contributed by atoms with E-state index < -0.39 is 0 Å². The van der Waals surface area contributed by atoms with E-state index in [0.717, 1.165) is 75.8 Å². The second kappa shape index (κ2) is 13.9. The molecule has 2 fully saturated rings. The summed E-state index contributed by atoms with van der Waals surface area (Å²) in [6, 6.07) is 12.6. The van der Waals surface area contributed by atoms with E-state index in [1.807, 2.05) is 13.8 Å². The first-order valence-electron chi connectivity index (χ1n) is 15.8. The maximum absolute atomic E-state index is 13.5. The van der Waals surface area contributed by atoms with Gasteiger partial charge in [0.1, 0.15) is 11.7 Å². The van der Waals surface area contributed by atoms with Gasteiger partial charge in [0.05, 0.1) is 0 Å². The summed E-state index contributed by atoms with van der Waals surface area (Å²) in [5.74, 6) is 0.939. The number of anilines is 1.